The molecule has 1 aromatic rings. The maximum absolute atomic E-state index is 12.5. The highest BCUT2D eigenvalue weighted by Crippen LogP contribution is 2.22. The third kappa shape index (κ3) is 3.53. The van der Waals surface area contributed by atoms with Gasteiger partial charge < -0.3 is 15.7 Å². The molecule has 0 aliphatic rings. The molecule has 0 unspecified atom stereocenters. The van der Waals surface area contributed by atoms with Gasteiger partial charge in [0.25, 0.3) is 5.56 Å². The Hall–Kier alpha value is -1.97. The molecule has 20 heavy (non-hydrogen) atoms. The minimum absolute atomic E-state index is 0.0907. The van der Waals surface area contributed by atoms with E-state index in [0.717, 1.165) is 4.57 Å². The van der Waals surface area contributed by atoms with Crippen molar-refractivity contribution in [3.63, 3.8) is 0 Å². The Bertz CT molecular complexity index is 579. The van der Waals surface area contributed by atoms with E-state index in [1.807, 2.05) is 4.98 Å². The number of nitrogens with two attached hydrogens (primary N) is 1. The summed E-state index contributed by atoms with van der Waals surface area (Å²) in [6, 6.07) is 0. The van der Waals surface area contributed by atoms with E-state index in [1.165, 1.54) is 0 Å². The number of hydrogen-bond donors (Lipinski definition) is 3. The molecule has 0 saturated heterocycles. The molecule has 1 rings (SSSR count). The maximum atomic E-state index is 12.5. The first-order valence-corrected chi connectivity index (χ1v) is 5.76. The predicted octanol–water partition coefficient (Wildman–Crippen LogP) is -0.500. The lowest BCUT2D eigenvalue weighted by atomic mass is 10.3. The fourth-order valence-corrected chi connectivity index (χ4v) is 1.80. The van der Waals surface area contributed by atoms with Crippen LogP contribution in [0.1, 0.15) is 6.92 Å². The van der Waals surface area contributed by atoms with E-state index in [-0.39, 0.29) is 12.4 Å². The number of aliphatic hydroxyl groups is 1. The van der Waals surface area contributed by atoms with Crippen LogP contribution in [0.4, 0.5) is 24.7 Å². The third-order valence-electron chi connectivity index (χ3n) is 2.59. The van der Waals surface area contributed by atoms with E-state index in [2.05, 4.69) is 0 Å². The van der Waals surface area contributed by atoms with Crippen LogP contribution in [0.5, 0.6) is 0 Å². The molecule has 0 aliphatic heterocycles. The summed E-state index contributed by atoms with van der Waals surface area (Å²) < 4.78 is 38.4. The van der Waals surface area contributed by atoms with Crippen LogP contribution in [0.2, 0.25) is 0 Å². The van der Waals surface area contributed by atoms with Gasteiger partial charge in [0.15, 0.2) is 0 Å². The molecule has 0 radical (unpaired) electrons. The third-order valence-corrected chi connectivity index (χ3v) is 2.59. The number of nitrogens with one attached hydrogen (secondary N) is 1. The molecule has 4 N–H and O–H groups in total. The molecule has 0 fully saturated rings. The van der Waals surface area contributed by atoms with E-state index in [1.54, 1.807) is 6.92 Å². The molecule has 0 aliphatic carbocycles. The normalized spacial score (nSPS) is 11.7. The van der Waals surface area contributed by atoms with Crippen LogP contribution < -0.4 is 21.9 Å². The highest BCUT2D eigenvalue weighted by molar-refractivity contribution is 5.62. The molecule has 0 spiro atoms. The molecule has 1 heterocycles. The average Bonchev–Trinajstić information content (AvgIpc) is 2.26. The number of H-pyrrole nitrogens is 1. The first-order valence-electron chi connectivity index (χ1n) is 5.76. The van der Waals surface area contributed by atoms with Gasteiger partial charge in [-0.2, -0.15) is 13.2 Å². The predicted molar refractivity (Wildman–Crippen MR) is 66.8 cm³/mol. The van der Waals surface area contributed by atoms with Gasteiger partial charge in [-0.25, -0.2) is 4.79 Å². The van der Waals surface area contributed by atoms with Crippen molar-refractivity contribution in [1.29, 1.82) is 0 Å². The number of aromatic amines is 1. The molecule has 0 amide bonds. The molecule has 114 valence electrons. The lowest BCUT2D eigenvalue weighted by Gasteiger charge is -2.26. The summed E-state index contributed by atoms with van der Waals surface area (Å²) in [5.41, 5.74) is 3.31. The zero-order chi connectivity index (χ0) is 15.5. The summed E-state index contributed by atoms with van der Waals surface area (Å²) in [5.74, 6) is -0.362. The Kier molecular flexibility index (Phi) is 4.82. The van der Waals surface area contributed by atoms with Crippen molar-refractivity contribution < 1.29 is 18.3 Å². The van der Waals surface area contributed by atoms with Gasteiger partial charge in [-0.05, 0) is 6.92 Å². The molecule has 0 atom stereocenters. The van der Waals surface area contributed by atoms with E-state index in [4.69, 9.17) is 10.8 Å². The van der Waals surface area contributed by atoms with Gasteiger partial charge in [-0.3, -0.25) is 14.3 Å². The van der Waals surface area contributed by atoms with Crippen molar-refractivity contribution in [1.82, 2.24) is 9.55 Å². The molecular formula is C10H15F3N4O3. The molecular weight excluding hydrogens is 281 g/mol. The van der Waals surface area contributed by atoms with Crippen LogP contribution in [0.25, 0.3) is 0 Å². The Morgan fingerprint density at radius 3 is 2.45 bits per heavy atom. The molecule has 7 nitrogen and oxygen atoms in total. The zero-order valence-corrected chi connectivity index (χ0v) is 10.7. The molecule has 1 aromatic heterocycles. The van der Waals surface area contributed by atoms with Crippen LogP contribution in [-0.4, -0.2) is 40.5 Å². The molecule has 0 saturated carbocycles. The van der Waals surface area contributed by atoms with E-state index < -0.39 is 42.8 Å². The molecule has 0 bridgehead atoms. The van der Waals surface area contributed by atoms with Gasteiger partial charge in [0.1, 0.15) is 18.1 Å². The standard InChI is InChI=1S/C10H15F3N4O3/c1-2-17-7(14)6(8(19)15-9(17)20)16(3-4-18)5-10(11,12)13/h18H,2-5,14H2,1H3,(H,15,19,20). The van der Waals surface area contributed by atoms with Crippen LogP contribution in [0.15, 0.2) is 9.59 Å². The highest BCUT2D eigenvalue weighted by Gasteiger charge is 2.33. The second-order valence-corrected chi connectivity index (χ2v) is 4.00. The number of nitrogens with zero attached hydrogens (tertiary/aromatic N) is 2. The number of aromatic nitrogens is 2. The minimum atomic E-state index is -4.58. The SMILES string of the molecule is CCn1c(N)c(N(CCO)CC(F)(F)F)c(=O)[nH]c1=O. The van der Waals surface area contributed by atoms with Crippen LogP contribution in [-0.2, 0) is 6.54 Å². The van der Waals surface area contributed by atoms with Gasteiger partial charge >= 0.3 is 11.9 Å². The van der Waals surface area contributed by atoms with Crippen LogP contribution >= 0.6 is 0 Å². The number of nitrogen functional groups attached to an aromatic ring is 1. The lowest BCUT2D eigenvalue weighted by molar-refractivity contribution is -0.119. The number of halogens is 3. The van der Waals surface area contributed by atoms with Crippen molar-refractivity contribution in [2.24, 2.45) is 0 Å². The summed E-state index contributed by atoms with van der Waals surface area (Å²) >= 11 is 0. The number of rotatable bonds is 5. The van der Waals surface area contributed by atoms with Gasteiger partial charge in [-0.15, -0.1) is 0 Å². The van der Waals surface area contributed by atoms with Crippen molar-refractivity contribution in [3.05, 3.63) is 20.8 Å². The van der Waals surface area contributed by atoms with E-state index in [0.29, 0.717) is 4.90 Å². The van der Waals surface area contributed by atoms with Crippen LogP contribution in [0, 0.1) is 0 Å². The number of hydrogen-bond acceptors (Lipinski definition) is 5. The topological polar surface area (TPSA) is 104 Å². The van der Waals surface area contributed by atoms with Crippen molar-refractivity contribution in [2.75, 3.05) is 30.3 Å². The largest absolute Gasteiger partial charge is 0.405 e. The summed E-state index contributed by atoms with van der Waals surface area (Å²) in [6.07, 6.45) is -4.58. The Labute approximate surface area is 111 Å². The fraction of sp³-hybridized carbons (Fsp3) is 0.600. The fourth-order valence-electron chi connectivity index (χ4n) is 1.80. The lowest BCUT2D eigenvalue weighted by Crippen LogP contribution is -2.43. The zero-order valence-electron chi connectivity index (χ0n) is 10.7. The summed E-state index contributed by atoms with van der Waals surface area (Å²) in [6.45, 7) is -0.842. The number of alkyl halides is 3. The Morgan fingerprint density at radius 2 is 2.00 bits per heavy atom. The second-order valence-electron chi connectivity index (χ2n) is 4.00. The summed E-state index contributed by atoms with van der Waals surface area (Å²) in [5, 5.41) is 8.83. The van der Waals surface area contributed by atoms with E-state index >= 15 is 0 Å². The number of anilines is 2. The van der Waals surface area contributed by atoms with Crippen molar-refractivity contribution in [2.45, 2.75) is 19.6 Å². The quantitative estimate of drug-likeness (QED) is 0.679. The smallest absolute Gasteiger partial charge is 0.395 e. The molecule has 0 aromatic carbocycles. The van der Waals surface area contributed by atoms with Gasteiger partial charge in [0, 0.05) is 13.1 Å². The van der Waals surface area contributed by atoms with Crippen molar-refractivity contribution in [3.8, 4) is 0 Å². The maximum Gasteiger partial charge on any atom is 0.405 e. The second kappa shape index (κ2) is 5.99. The Balaban J connectivity index is 3.40. The monoisotopic (exact) mass is 296 g/mol. The van der Waals surface area contributed by atoms with E-state index in [9.17, 15) is 22.8 Å². The first kappa shape index (κ1) is 16.1. The minimum Gasteiger partial charge on any atom is -0.395 e. The van der Waals surface area contributed by atoms with Gasteiger partial charge in [0.05, 0.1) is 6.61 Å². The molecule has 10 heteroatoms. The van der Waals surface area contributed by atoms with Gasteiger partial charge in [-0.1, -0.05) is 0 Å². The number of aliphatic hydroxyl groups excluding tert-OH is 1. The highest BCUT2D eigenvalue weighted by atomic mass is 19.4. The summed E-state index contributed by atoms with van der Waals surface area (Å²) in [4.78, 5) is 25.6. The van der Waals surface area contributed by atoms with Gasteiger partial charge in [0.2, 0.25) is 0 Å². The Morgan fingerprint density at radius 1 is 1.40 bits per heavy atom. The van der Waals surface area contributed by atoms with Crippen molar-refractivity contribution >= 4 is 11.5 Å². The summed E-state index contributed by atoms with van der Waals surface area (Å²) in [7, 11) is 0. The first-order chi connectivity index (χ1) is 9.21. The van der Waals surface area contributed by atoms with Crippen LogP contribution in [0.3, 0.4) is 0 Å². The average molecular weight is 296 g/mol.